The molecule has 0 amide bonds. The zero-order chi connectivity index (χ0) is 57.5. The number of rotatable bonds is 5. The normalized spacial score (nSPS) is 13.3. The summed E-state index contributed by atoms with van der Waals surface area (Å²) in [4.78, 5) is 0. The molecule has 5 heterocycles. The van der Waals surface area contributed by atoms with E-state index in [1.807, 2.05) is 0 Å². The van der Waals surface area contributed by atoms with Crippen LogP contribution in [0, 0.1) is 27.7 Å². The number of aryl methyl sites for hydroxylation is 4. The molecule has 0 bridgehead atoms. The maximum Gasteiger partial charge on any atom is 0.252 e. The number of hydrogen-bond donors (Lipinski definition) is 0. The summed E-state index contributed by atoms with van der Waals surface area (Å²) < 4.78 is 8.05. The van der Waals surface area contributed by atoms with E-state index < -0.39 is 0 Å². The third-order valence-electron chi connectivity index (χ3n) is 21.0. The van der Waals surface area contributed by atoms with E-state index in [4.69, 9.17) is 0 Å². The Morgan fingerprint density at radius 3 is 1.12 bits per heavy atom. The molecule has 0 aliphatic carbocycles. The highest BCUT2D eigenvalue weighted by Gasteiger charge is 2.44. The zero-order valence-electron chi connectivity index (χ0n) is 49.7. The van der Waals surface area contributed by atoms with Crippen molar-refractivity contribution >= 4 is 142 Å². The van der Waals surface area contributed by atoms with Crippen molar-refractivity contribution in [2.75, 3.05) is 0 Å². The van der Waals surface area contributed by atoms with E-state index in [0.29, 0.717) is 0 Å². The van der Waals surface area contributed by atoms with Crippen molar-refractivity contribution in [3.63, 3.8) is 0 Å². The van der Waals surface area contributed by atoms with Crippen molar-refractivity contribution in [1.29, 1.82) is 0 Å². The fourth-order valence-electron chi connectivity index (χ4n) is 17.0. The van der Waals surface area contributed by atoms with Crippen LogP contribution in [0.15, 0.2) is 218 Å². The van der Waals surface area contributed by atoms with E-state index >= 15 is 0 Å². The summed E-state index contributed by atoms with van der Waals surface area (Å²) in [6.07, 6.45) is 0. The van der Waals surface area contributed by atoms with Gasteiger partial charge in [-0.3, -0.25) is 0 Å². The summed E-state index contributed by atoms with van der Waals surface area (Å²) in [6.45, 7) is 18.6. The van der Waals surface area contributed by atoms with Crippen LogP contribution in [0.2, 0.25) is 0 Å². The van der Waals surface area contributed by atoms with E-state index in [1.165, 1.54) is 192 Å². The highest BCUT2D eigenvalue weighted by Crippen LogP contribution is 2.53. The molecule has 0 spiro atoms. The zero-order valence-corrected chi connectivity index (χ0v) is 49.7. The molecule has 0 radical (unpaired) electrons. The first-order valence-electron chi connectivity index (χ1n) is 30.8. The number of benzene rings is 14. The summed E-state index contributed by atoms with van der Waals surface area (Å²) in [5, 5.41) is 20.8. The van der Waals surface area contributed by atoms with E-state index in [2.05, 4.69) is 287 Å². The molecule has 0 N–H and O–H groups in total. The summed E-state index contributed by atoms with van der Waals surface area (Å²) in [5.41, 5.74) is 25.5. The molecule has 17 aromatic rings. The summed E-state index contributed by atoms with van der Waals surface area (Å²) in [7, 11) is 0. The highest BCUT2D eigenvalue weighted by atomic mass is 15.0. The second-order valence-corrected chi connectivity index (χ2v) is 26.7. The van der Waals surface area contributed by atoms with Crippen LogP contribution >= 0.6 is 0 Å². The molecule has 0 fully saturated rings. The third-order valence-corrected chi connectivity index (χ3v) is 21.0. The van der Waals surface area contributed by atoms with Gasteiger partial charge in [-0.1, -0.05) is 196 Å². The molecule has 0 saturated heterocycles. The average Bonchev–Trinajstić information content (AvgIpc) is 1.32. The lowest BCUT2D eigenvalue weighted by atomic mass is 9.33. The molecule has 2 aliphatic heterocycles. The fraction of sp³-hybridized carbons (Fsp3) is 0.122. The van der Waals surface area contributed by atoms with Crippen LogP contribution in [0.5, 0.6) is 0 Å². The van der Waals surface area contributed by atoms with Crippen LogP contribution in [0.4, 0.5) is 0 Å². The van der Waals surface area contributed by atoms with Crippen molar-refractivity contribution < 1.29 is 0 Å². The Hall–Kier alpha value is -9.90. The van der Waals surface area contributed by atoms with E-state index in [0.717, 1.165) is 5.69 Å². The topological polar surface area (TPSA) is 14.8 Å². The molecule has 0 saturated carbocycles. The van der Waals surface area contributed by atoms with Gasteiger partial charge >= 0.3 is 0 Å². The second kappa shape index (κ2) is 16.5. The Morgan fingerprint density at radius 2 is 0.663 bits per heavy atom. The monoisotopic (exact) mass is 1100 g/mol. The summed E-state index contributed by atoms with van der Waals surface area (Å²) in [6, 6.07) is 84.9. The number of fused-ring (bicyclic) bond motifs is 21. The van der Waals surface area contributed by atoms with Crippen molar-refractivity contribution in [2.24, 2.45) is 0 Å². The van der Waals surface area contributed by atoms with E-state index in [1.54, 1.807) is 0 Å². The Labute approximate surface area is 499 Å². The van der Waals surface area contributed by atoms with E-state index in [9.17, 15) is 0 Å². The van der Waals surface area contributed by atoms with Gasteiger partial charge in [0.15, 0.2) is 0 Å². The second-order valence-electron chi connectivity index (χ2n) is 26.7. The molecule has 0 atom stereocenters. The SMILES string of the molecule is Cc1ccc2c(c1)c1cc(C)cc3c1n2-c1c2c(c4c5ccccc5c5cc(-n6c7ccc(C(C)(C)c8ccccc8)cc7c7cc(C(C)(C)c8ccccc8)ccc76)cc6c7ccccc7c1c4c65)-n1c4ccc(C)cc4c4cc(C)cc(c41)B23. The average molecular weight is 1100 g/mol. The molecular weight excluding hydrogens is 1040 g/mol. The van der Waals surface area contributed by atoms with Crippen molar-refractivity contribution in [1.82, 2.24) is 13.7 Å². The number of nitrogens with zero attached hydrogens (tertiary/aromatic N) is 3. The van der Waals surface area contributed by atoms with Crippen LogP contribution in [0.3, 0.4) is 0 Å². The molecule has 0 unspecified atom stereocenters. The minimum Gasteiger partial charge on any atom is -0.310 e. The molecule has 19 rings (SSSR count). The van der Waals surface area contributed by atoms with Crippen LogP contribution in [-0.4, -0.2) is 20.4 Å². The molecule has 2 aliphatic rings. The predicted molar refractivity (Wildman–Crippen MR) is 369 cm³/mol. The standard InChI is InChI=1S/C82H60BN3/c1-45-27-31-70-58(35-45)64-37-47(3)39-66-77(64)85(70)79-73-56-25-17-15-23-54(56)62-43-53(84-68-33-29-51(81(5,6)49-19-11-9-12-20-49)41-60(68)61-42-52(30-34-69(61)84)82(7,8)50-21-13-10-14-22-50)44-63-55-24-16-18-26-57(55)74(75(73)72(62)63)80-76(79)83(66)67-40-48(4)38-65-59-36-46(2)28-32-71(59)86(80)78(65)67/h9-44H,1-8H3. The van der Waals surface area contributed by atoms with Gasteiger partial charge in [-0.05, 0) is 177 Å². The maximum absolute atomic E-state index is 2.73. The quantitative estimate of drug-likeness (QED) is 0.0927. The van der Waals surface area contributed by atoms with Crippen LogP contribution < -0.4 is 16.4 Å². The number of hydrogen-bond acceptors (Lipinski definition) is 0. The lowest BCUT2D eigenvalue weighted by Gasteiger charge is -2.37. The van der Waals surface area contributed by atoms with Gasteiger partial charge < -0.3 is 13.7 Å². The molecule has 14 aromatic carbocycles. The lowest BCUT2D eigenvalue weighted by Crippen LogP contribution is -2.59. The van der Waals surface area contributed by atoms with Crippen LogP contribution in [0.1, 0.15) is 72.2 Å². The van der Waals surface area contributed by atoms with Gasteiger partial charge in [0.2, 0.25) is 0 Å². The van der Waals surface area contributed by atoms with E-state index in [-0.39, 0.29) is 17.5 Å². The Kier molecular flexibility index (Phi) is 9.30. The van der Waals surface area contributed by atoms with Crippen LogP contribution in [0.25, 0.3) is 136 Å². The molecule has 4 heteroatoms. The van der Waals surface area contributed by atoms with Gasteiger partial charge in [0.05, 0.1) is 33.4 Å². The fourth-order valence-corrected chi connectivity index (χ4v) is 17.0. The number of aromatic nitrogens is 3. The van der Waals surface area contributed by atoms with Gasteiger partial charge in [0.1, 0.15) is 0 Å². The first-order chi connectivity index (χ1) is 41.8. The van der Waals surface area contributed by atoms with Crippen molar-refractivity contribution in [2.45, 2.75) is 66.2 Å². The Bertz CT molecular complexity index is 5570. The molecule has 406 valence electrons. The predicted octanol–water partition coefficient (Wildman–Crippen LogP) is 19.2. The highest BCUT2D eigenvalue weighted by molar-refractivity contribution is 7.01. The largest absolute Gasteiger partial charge is 0.310 e. The molecule has 86 heavy (non-hydrogen) atoms. The molecule has 3 nitrogen and oxygen atoms in total. The first-order valence-corrected chi connectivity index (χ1v) is 30.8. The van der Waals surface area contributed by atoms with Crippen LogP contribution in [-0.2, 0) is 10.8 Å². The van der Waals surface area contributed by atoms with Gasteiger partial charge in [-0.15, -0.1) is 0 Å². The lowest BCUT2D eigenvalue weighted by molar-refractivity contribution is 0.641. The minimum absolute atomic E-state index is 0.0143. The first kappa shape index (κ1) is 48.5. The van der Waals surface area contributed by atoms with Crippen molar-refractivity contribution in [3.8, 4) is 17.1 Å². The van der Waals surface area contributed by atoms with Gasteiger partial charge in [0, 0.05) is 76.0 Å². The van der Waals surface area contributed by atoms with Crippen molar-refractivity contribution in [3.05, 3.63) is 263 Å². The smallest absolute Gasteiger partial charge is 0.252 e. The maximum atomic E-state index is 2.73. The van der Waals surface area contributed by atoms with Gasteiger partial charge in [0.25, 0.3) is 6.71 Å². The Morgan fingerprint density at radius 1 is 0.279 bits per heavy atom. The minimum atomic E-state index is -0.227. The van der Waals surface area contributed by atoms with Gasteiger partial charge in [-0.25, -0.2) is 0 Å². The third kappa shape index (κ3) is 6.04. The van der Waals surface area contributed by atoms with Gasteiger partial charge in [-0.2, -0.15) is 0 Å². The molecular formula is C82H60BN3. The molecule has 3 aromatic heterocycles. The summed E-state index contributed by atoms with van der Waals surface area (Å²) >= 11 is 0. The Balaban J connectivity index is 1.01. The summed E-state index contributed by atoms with van der Waals surface area (Å²) in [5.74, 6) is 0.